The molecule has 5 rings (SSSR count). The number of benzene rings is 2. The molecule has 2 aromatic carbocycles. The monoisotopic (exact) mass is 490 g/mol. The molecule has 170 valence electrons. The van der Waals surface area contributed by atoms with Crippen molar-refractivity contribution < 1.29 is 8.42 Å². The minimum atomic E-state index is -4.11. The molecule has 0 atom stereocenters. The van der Waals surface area contributed by atoms with Gasteiger partial charge in [0, 0.05) is 11.2 Å². The molecule has 0 fully saturated rings. The van der Waals surface area contributed by atoms with Gasteiger partial charge in [0.25, 0.3) is 5.56 Å². The fourth-order valence-electron chi connectivity index (χ4n) is 3.94. The van der Waals surface area contributed by atoms with E-state index in [4.69, 9.17) is 22.0 Å². The maximum Gasteiger partial charge on any atom is 0.267 e. The first kappa shape index (κ1) is 22.1. The van der Waals surface area contributed by atoms with E-state index in [9.17, 15) is 13.2 Å². The van der Waals surface area contributed by atoms with E-state index < -0.39 is 15.4 Å². The van der Waals surface area contributed by atoms with Gasteiger partial charge in [0.1, 0.15) is 21.7 Å². The summed E-state index contributed by atoms with van der Waals surface area (Å²) in [6.45, 7) is 2.02. The van der Waals surface area contributed by atoms with Gasteiger partial charge in [-0.2, -0.15) is 0 Å². The lowest BCUT2D eigenvalue weighted by Crippen LogP contribution is -2.30. The third-order valence-corrected chi connectivity index (χ3v) is 7.73. The number of hydrogen-bond acceptors (Lipinski definition) is 5. The van der Waals surface area contributed by atoms with E-state index >= 15 is 0 Å². The molecule has 9 heteroatoms. The molecule has 34 heavy (non-hydrogen) atoms. The van der Waals surface area contributed by atoms with Crippen molar-refractivity contribution >= 4 is 38.1 Å². The second kappa shape index (κ2) is 8.23. The highest BCUT2D eigenvalue weighted by molar-refractivity contribution is 7.91. The van der Waals surface area contributed by atoms with Crippen LogP contribution < -0.4 is 11.0 Å². The molecule has 0 aliphatic heterocycles. The molecule has 7 nitrogen and oxygen atoms in total. The largest absolute Gasteiger partial charge is 0.305 e. The Morgan fingerprint density at radius 3 is 2.38 bits per heavy atom. The molecule has 5 aromatic rings. The van der Waals surface area contributed by atoms with Crippen LogP contribution in [-0.4, -0.2) is 22.4 Å². The smallest absolute Gasteiger partial charge is 0.267 e. The molecule has 0 aliphatic rings. The summed E-state index contributed by atoms with van der Waals surface area (Å²) < 4.78 is 29.9. The lowest BCUT2D eigenvalue weighted by Gasteiger charge is -2.16. The Kier molecular flexibility index (Phi) is 5.34. The number of nitrogens with one attached hydrogen (secondary N) is 1. The highest BCUT2D eigenvalue weighted by Gasteiger charge is 2.24. The van der Waals surface area contributed by atoms with Crippen LogP contribution in [0.4, 0.5) is 0 Å². The summed E-state index contributed by atoms with van der Waals surface area (Å²) in [5.41, 5.74) is 1.68. The molecule has 0 saturated carbocycles. The van der Waals surface area contributed by atoms with E-state index in [2.05, 4.69) is 0 Å². The highest BCUT2D eigenvalue weighted by Crippen LogP contribution is 2.23. The van der Waals surface area contributed by atoms with Crippen LogP contribution >= 0.6 is 11.6 Å². The zero-order chi connectivity index (χ0) is 24.0. The minimum absolute atomic E-state index is 0.0132. The number of rotatable bonds is 4. The van der Waals surface area contributed by atoms with Crippen LogP contribution in [0.2, 0.25) is 5.02 Å². The van der Waals surface area contributed by atoms with Crippen molar-refractivity contribution in [1.29, 1.82) is 5.41 Å². The normalized spacial score (nSPS) is 11.8. The van der Waals surface area contributed by atoms with Gasteiger partial charge in [-0.15, -0.1) is 0 Å². The van der Waals surface area contributed by atoms with Gasteiger partial charge in [-0.05, 0) is 54.4 Å². The summed E-state index contributed by atoms with van der Waals surface area (Å²) in [7, 11) is -4.11. The number of aryl methyl sites for hydroxylation is 1. The summed E-state index contributed by atoms with van der Waals surface area (Å²) in [4.78, 5) is 17.9. The van der Waals surface area contributed by atoms with Crippen LogP contribution in [0.3, 0.4) is 0 Å². The maximum absolute atomic E-state index is 13.5. The first-order valence-corrected chi connectivity index (χ1v) is 12.3. The Hall–Kier alpha value is -3.75. The van der Waals surface area contributed by atoms with E-state index in [0.717, 1.165) is 11.1 Å². The summed E-state index contributed by atoms with van der Waals surface area (Å²) >= 11 is 5.93. The van der Waals surface area contributed by atoms with Gasteiger partial charge in [0.15, 0.2) is 0 Å². The van der Waals surface area contributed by atoms with Crippen molar-refractivity contribution in [3.8, 4) is 0 Å². The molecule has 3 heterocycles. The fraction of sp³-hybridized carbons (Fsp3) is 0.0800. The Balaban J connectivity index is 1.89. The van der Waals surface area contributed by atoms with Crippen LogP contribution in [0.25, 0.3) is 16.7 Å². The number of hydrogen-bond donors (Lipinski definition) is 1. The van der Waals surface area contributed by atoms with Gasteiger partial charge in [-0.3, -0.25) is 14.6 Å². The standard InChI is InChI=1S/C25H19ClN4O3S/c1-16-6-5-13-29-23(16)28-24-20(25(29)31)14-21(34(32,33)19-11-9-18(26)10-12-19)22(27)30(24)15-17-7-3-2-4-8-17/h2-14,27H,15H2,1H3. The Labute approximate surface area is 200 Å². The maximum atomic E-state index is 13.5. The van der Waals surface area contributed by atoms with E-state index in [-0.39, 0.29) is 32.9 Å². The number of halogens is 1. The first-order chi connectivity index (χ1) is 16.3. The van der Waals surface area contributed by atoms with Crippen LogP contribution in [-0.2, 0) is 16.4 Å². The van der Waals surface area contributed by atoms with Crippen LogP contribution in [0.5, 0.6) is 0 Å². The van der Waals surface area contributed by atoms with Gasteiger partial charge < -0.3 is 4.57 Å². The molecule has 0 saturated heterocycles. The zero-order valence-electron chi connectivity index (χ0n) is 18.1. The van der Waals surface area contributed by atoms with Crippen molar-refractivity contribution in [1.82, 2.24) is 14.0 Å². The third kappa shape index (κ3) is 3.61. The molecule has 0 radical (unpaired) electrons. The summed E-state index contributed by atoms with van der Waals surface area (Å²) in [6.07, 6.45) is 1.60. The van der Waals surface area contributed by atoms with Crippen LogP contribution in [0.1, 0.15) is 11.1 Å². The van der Waals surface area contributed by atoms with E-state index in [1.165, 1.54) is 39.3 Å². The van der Waals surface area contributed by atoms with Gasteiger partial charge >= 0.3 is 0 Å². The second-order valence-electron chi connectivity index (χ2n) is 7.93. The molecule has 3 aromatic heterocycles. The molecule has 0 aliphatic carbocycles. The molecule has 0 bridgehead atoms. The lowest BCUT2D eigenvalue weighted by atomic mass is 10.2. The Bertz CT molecular complexity index is 1790. The molecule has 0 unspecified atom stereocenters. The number of sulfone groups is 1. The van der Waals surface area contributed by atoms with E-state index in [0.29, 0.717) is 10.7 Å². The number of aromatic nitrogens is 3. The van der Waals surface area contributed by atoms with Gasteiger partial charge in [0.05, 0.1) is 16.8 Å². The van der Waals surface area contributed by atoms with E-state index in [1.807, 2.05) is 43.3 Å². The van der Waals surface area contributed by atoms with Crippen LogP contribution in [0, 0.1) is 12.3 Å². The molecule has 0 spiro atoms. The van der Waals surface area contributed by atoms with Gasteiger partial charge in [0.2, 0.25) is 9.84 Å². The van der Waals surface area contributed by atoms with Crippen molar-refractivity contribution in [3.05, 3.63) is 111 Å². The molecular weight excluding hydrogens is 472 g/mol. The SMILES string of the molecule is Cc1cccn2c(=O)c3cc(S(=O)(=O)c4ccc(Cl)cc4)c(=N)n(Cc4ccccc4)c3nc12. The first-order valence-electron chi connectivity index (χ1n) is 10.4. The summed E-state index contributed by atoms with van der Waals surface area (Å²) in [5, 5.41) is 9.38. The number of nitrogens with zero attached hydrogens (tertiary/aromatic N) is 3. The van der Waals surface area contributed by atoms with Crippen molar-refractivity contribution in [3.63, 3.8) is 0 Å². The highest BCUT2D eigenvalue weighted by atomic mass is 35.5. The number of fused-ring (bicyclic) bond motifs is 2. The molecule has 1 N–H and O–H groups in total. The second-order valence-corrected chi connectivity index (χ2v) is 10.3. The third-order valence-electron chi connectivity index (χ3n) is 5.70. The quantitative estimate of drug-likeness (QED) is 0.385. The van der Waals surface area contributed by atoms with Crippen LogP contribution in [0.15, 0.2) is 93.6 Å². The number of pyridine rings is 2. The summed E-state index contributed by atoms with van der Waals surface area (Å²) in [5.74, 6) is 0. The van der Waals surface area contributed by atoms with Gasteiger partial charge in [-0.1, -0.05) is 48.0 Å². The average Bonchev–Trinajstić information content (AvgIpc) is 2.82. The van der Waals surface area contributed by atoms with Gasteiger partial charge in [-0.25, -0.2) is 13.4 Å². The molecule has 0 amide bonds. The Morgan fingerprint density at radius 2 is 1.68 bits per heavy atom. The zero-order valence-corrected chi connectivity index (χ0v) is 19.6. The Morgan fingerprint density at radius 1 is 0.971 bits per heavy atom. The van der Waals surface area contributed by atoms with E-state index in [1.54, 1.807) is 12.3 Å². The predicted octanol–water partition coefficient (Wildman–Crippen LogP) is 3.97. The molecular formula is C25H19ClN4O3S. The fourth-order valence-corrected chi connectivity index (χ4v) is 5.45. The summed E-state index contributed by atoms with van der Waals surface area (Å²) in [6, 6.07) is 19.9. The van der Waals surface area contributed by atoms with Crippen molar-refractivity contribution in [2.24, 2.45) is 0 Å². The lowest BCUT2D eigenvalue weighted by molar-refractivity contribution is 0.591. The van der Waals surface area contributed by atoms with Crippen molar-refractivity contribution in [2.45, 2.75) is 23.3 Å². The topological polar surface area (TPSA) is 97.3 Å². The minimum Gasteiger partial charge on any atom is -0.305 e. The predicted molar refractivity (Wildman–Crippen MR) is 130 cm³/mol. The van der Waals surface area contributed by atoms with Crippen molar-refractivity contribution in [2.75, 3.05) is 0 Å². The average molecular weight is 491 g/mol.